The minimum atomic E-state index is -0.462. The van der Waals surface area contributed by atoms with Gasteiger partial charge in [-0.3, -0.25) is 4.79 Å². The fourth-order valence-electron chi connectivity index (χ4n) is 2.48. The molecule has 140 valence electrons. The minimum Gasteiger partial charge on any atom is -0.444 e. The second-order valence-corrected chi connectivity index (χ2v) is 7.23. The Kier molecular flexibility index (Phi) is 9.03. The van der Waals surface area contributed by atoms with E-state index in [2.05, 4.69) is 34.9 Å². The van der Waals surface area contributed by atoms with Crippen LogP contribution in [0.15, 0.2) is 24.3 Å². The van der Waals surface area contributed by atoms with Crippen molar-refractivity contribution in [2.75, 3.05) is 13.6 Å². The van der Waals surface area contributed by atoms with Gasteiger partial charge < -0.3 is 15.4 Å². The Morgan fingerprint density at radius 1 is 1.04 bits per heavy atom. The topological polar surface area (TPSA) is 67.4 Å². The monoisotopic (exact) mass is 348 g/mol. The molecule has 1 aromatic rings. The minimum absolute atomic E-state index is 0.103. The molecule has 0 aromatic heterocycles. The number of benzene rings is 1. The maximum absolute atomic E-state index is 11.6. The number of hydrogen-bond donors (Lipinski definition) is 2. The average molecular weight is 348 g/mol. The lowest BCUT2D eigenvalue weighted by Crippen LogP contribution is -2.33. The Morgan fingerprint density at radius 2 is 1.68 bits per heavy atom. The van der Waals surface area contributed by atoms with Crippen molar-refractivity contribution in [3.63, 3.8) is 0 Å². The van der Waals surface area contributed by atoms with Crippen molar-refractivity contribution in [2.45, 2.75) is 64.9 Å². The van der Waals surface area contributed by atoms with E-state index in [-0.39, 0.29) is 12.0 Å². The number of nitrogens with one attached hydrogen (secondary N) is 2. The van der Waals surface area contributed by atoms with Crippen LogP contribution in [0.4, 0.5) is 4.79 Å². The van der Waals surface area contributed by atoms with Crippen molar-refractivity contribution < 1.29 is 14.3 Å². The van der Waals surface area contributed by atoms with Gasteiger partial charge in [-0.25, -0.2) is 4.79 Å². The largest absolute Gasteiger partial charge is 0.444 e. The second-order valence-electron chi connectivity index (χ2n) is 7.23. The number of carbonyl (C=O) groups excluding carboxylic acids is 2. The lowest BCUT2D eigenvalue weighted by atomic mass is 10.0. The maximum atomic E-state index is 11.6. The summed E-state index contributed by atoms with van der Waals surface area (Å²) in [4.78, 5) is 22.8. The Bertz CT molecular complexity index is 550. The van der Waals surface area contributed by atoms with Crippen LogP contribution in [0.1, 0.15) is 57.6 Å². The zero-order chi connectivity index (χ0) is 18.7. The molecule has 25 heavy (non-hydrogen) atoms. The normalized spacial score (nSPS) is 11.0. The van der Waals surface area contributed by atoms with Crippen LogP contribution in [-0.4, -0.2) is 31.2 Å². The van der Waals surface area contributed by atoms with Crippen molar-refractivity contribution >= 4 is 12.0 Å². The number of rotatable bonds is 9. The van der Waals surface area contributed by atoms with Gasteiger partial charge in [-0.15, -0.1) is 0 Å². The van der Waals surface area contributed by atoms with Crippen LogP contribution < -0.4 is 10.6 Å². The number of carbonyl (C=O) groups is 2. The number of ether oxygens (including phenoxy) is 1. The third-order valence-corrected chi connectivity index (χ3v) is 3.70. The zero-order valence-corrected chi connectivity index (χ0v) is 16.0. The highest BCUT2D eigenvalue weighted by molar-refractivity contribution is 5.75. The summed E-state index contributed by atoms with van der Waals surface area (Å²) < 4.78 is 5.21. The summed E-state index contributed by atoms with van der Waals surface area (Å²) in [5.74, 6) is 0.103. The van der Waals surface area contributed by atoms with Gasteiger partial charge in [-0.2, -0.15) is 0 Å². The highest BCUT2D eigenvalue weighted by atomic mass is 16.6. The summed E-state index contributed by atoms with van der Waals surface area (Å²) in [7, 11) is 1.67. The lowest BCUT2D eigenvalue weighted by Gasteiger charge is -2.19. The van der Waals surface area contributed by atoms with Crippen molar-refractivity contribution in [1.82, 2.24) is 10.6 Å². The lowest BCUT2D eigenvalue weighted by molar-refractivity contribution is -0.120. The molecule has 1 rings (SSSR count). The van der Waals surface area contributed by atoms with Gasteiger partial charge in [0.05, 0.1) is 0 Å². The molecule has 0 unspecified atom stereocenters. The predicted molar refractivity (Wildman–Crippen MR) is 101 cm³/mol. The summed E-state index contributed by atoms with van der Waals surface area (Å²) in [6.45, 7) is 6.16. The van der Waals surface area contributed by atoms with E-state index < -0.39 is 5.60 Å². The first-order valence-electron chi connectivity index (χ1n) is 9.05. The average Bonchev–Trinajstić information content (AvgIpc) is 2.54. The molecule has 5 nitrogen and oxygen atoms in total. The van der Waals surface area contributed by atoms with Gasteiger partial charge in [-0.1, -0.05) is 24.3 Å². The molecule has 0 bridgehead atoms. The molecule has 2 N–H and O–H groups in total. The van der Waals surface area contributed by atoms with Gasteiger partial charge in [0.1, 0.15) is 5.60 Å². The van der Waals surface area contributed by atoms with Crippen molar-refractivity contribution in [3.05, 3.63) is 35.4 Å². The zero-order valence-electron chi connectivity index (χ0n) is 16.0. The smallest absolute Gasteiger partial charge is 0.407 e. The predicted octanol–water partition coefficient (Wildman–Crippen LogP) is 3.60. The number of unbranched alkanes of at least 4 members (excludes halogenated alkanes) is 1. The molecule has 0 fully saturated rings. The van der Waals surface area contributed by atoms with E-state index in [0.29, 0.717) is 13.0 Å². The first-order valence-corrected chi connectivity index (χ1v) is 9.05. The number of aryl methyl sites for hydroxylation is 2. The fraction of sp³-hybridized carbons (Fsp3) is 0.600. The van der Waals surface area contributed by atoms with Crippen molar-refractivity contribution in [2.24, 2.45) is 0 Å². The highest BCUT2D eigenvalue weighted by Crippen LogP contribution is 2.11. The van der Waals surface area contributed by atoms with E-state index in [4.69, 9.17) is 4.74 Å². The van der Waals surface area contributed by atoms with Crippen LogP contribution >= 0.6 is 0 Å². The van der Waals surface area contributed by atoms with Crippen LogP contribution in [0.25, 0.3) is 0 Å². The molecule has 0 atom stereocenters. The molecule has 0 aliphatic heterocycles. The van der Waals surface area contributed by atoms with Gasteiger partial charge in [0.15, 0.2) is 0 Å². The summed E-state index contributed by atoms with van der Waals surface area (Å²) in [6.07, 6.45) is 4.92. The van der Waals surface area contributed by atoms with Crippen LogP contribution in [0.5, 0.6) is 0 Å². The fourth-order valence-corrected chi connectivity index (χ4v) is 2.48. The summed E-state index contributed by atoms with van der Waals surface area (Å²) in [5.41, 5.74) is 2.11. The van der Waals surface area contributed by atoms with Gasteiger partial charge in [0, 0.05) is 20.0 Å². The third kappa shape index (κ3) is 10.4. The molecule has 2 amide bonds. The first kappa shape index (κ1) is 21.0. The number of amides is 2. The molecule has 0 saturated carbocycles. The Balaban J connectivity index is 2.26. The van der Waals surface area contributed by atoms with E-state index in [1.807, 2.05) is 20.8 Å². The van der Waals surface area contributed by atoms with Gasteiger partial charge in [0.25, 0.3) is 0 Å². The summed E-state index contributed by atoms with van der Waals surface area (Å²) >= 11 is 0. The number of alkyl carbamates (subject to hydrolysis) is 1. The van der Waals surface area contributed by atoms with Crippen LogP contribution in [-0.2, 0) is 22.4 Å². The van der Waals surface area contributed by atoms with E-state index in [1.165, 1.54) is 11.1 Å². The van der Waals surface area contributed by atoms with E-state index in [9.17, 15) is 9.59 Å². The van der Waals surface area contributed by atoms with Crippen LogP contribution in [0.3, 0.4) is 0 Å². The molecular formula is C20H32N2O3. The quantitative estimate of drug-likeness (QED) is 0.670. The Morgan fingerprint density at radius 3 is 2.28 bits per heavy atom. The third-order valence-electron chi connectivity index (χ3n) is 3.70. The summed E-state index contributed by atoms with van der Waals surface area (Å²) in [6, 6.07) is 8.53. The maximum Gasteiger partial charge on any atom is 0.407 e. The van der Waals surface area contributed by atoms with E-state index >= 15 is 0 Å². The van der Waals surface area contributed by atoms with Crippen LogP contribution in [0, 0.1) is 0 Å². The van der Waals surface area contributed by atoms with Gasteiger partial charge in [-0.05, 0) is 64.0 Å². The molecule has 0 aliphatic rings. The van der Waals surface area contributed by atoms with E-state index in [0.717, 1.165) is 32.1 Å². The molecule has 0 spiro atoms. The van der Waals surface area contributed by atoms with Crippen LogP contribution in [0.2, 0.25) is 0 Å². The molecule has 0 aliphatic carbocycles. The van der Waals surface area contributed by atoms with Gasteiger partial charge >= 0.3 is 6.09 Å². The van der Waals surface area contributed by atoms with Crippen molar-refractivity contribution in [3.8, 4) is 0 Å². The number of hydrogen-bond acceptors (Lipinski definition) is 3. The van der Waals surface area contributed by atoms with Gasteiger partial charge in [0.2, 0.25) is 5.91 Å². The summed E-state index contributed by atoms with van der Waals surface area (Å²) in [5, 5.41) is 5.43. The molecular weight excluding hydrogens is 316 g/mol. The molecule has 1 aromatic carbocycles. The molecule has 5 heteroatoms. The molecule has 0 heterocycles. The Labute approximate surface area is 151 Å². The van der Waals surface area contributed by atoms with Crippen molar-refractivity contribution in [1.29, 1.82) is 0 Å². The van der Waals surface area contributed by atoms with E-state index in [1.54, 1.807) is 7.05 Å². The molecule has 0 radical (unpaired) electrons. The molecule has 0 saturated heterocycles. The first-order chi connectivity index (χ1) is 11.8. The SMILES string of the molecule is CNC(=O)CCCCc1cccc(CCCNC(=O)OC(C)(C)C)c1. The Hall–Kier alpha value is -2.04. The highest BCUT2D eigenvalue weighted by Gasteiger charge is 2.15. The second kappa shape index (κ2) is 10.7. The standard InChI is InChI=1S/C20H32N2O3/c1-20(2,3)25-19(24)22-14-8-12-17-11-7-10-16(15-17)9-5-6-13-18(23)21-4/h7,10-11,15H,5-6,8-9,12-14H2,1-4H3,(H,21,23)(H,22,24).